The Balaban J connectivity index is 1.53. The van der Waals surface area contributed by atoms with E-state index in [1.54, 1.807) is 9.13 Å². The topological polar surface area (TPSA) is 68.9 Å². The van der Waals surface area contributed by atoms with Crippen molar-refractivity contribution in [3.63, 3.8) is 0 Å². The molecule has 0 spiro atoms. The SMILES string of the molecule is CCc1ccc(CNC(=O)Cn2c(C)cc3nc4n(c(=O)c32)CCC4)cc1. The van der Waals surface area contributed by atoms with Gasteiger partial charge < -0.3 is 9.88 Å². The minimum Gasteiger partial charge on any atom is -0.350 e. The molecule has 2 aromatic heterocycles. The van der Waals surface area contributed by atoms with E-state index in [1.165, 1.54) is 5.56 Å². The number of amides is 1. The van der Waals surface area contributed by atoms with E-state index < -0.39 is 0 Å². The van der Waals surface area contributed by atoms with Crippen LogP contribution in [-0.4, -0.2) is 20.0 Å². The molecule has 6 nitrogen and oxygen atoms in total. The molecule has 6 heteroatoms. The molecular weight excluding hydrogens is 340 g/mol. The molecule has 3 heterocycles. The molecule has 140 valence electrons. The van der Waals surface area contributed by atoms with E-state index in [1.807, 2.05) is 25.1 Å². The molecule has 1 amide bonds. The zero-order valence-electron chi connectivity index (χ0n) is 15.8. The third-order valence-corrected chi connectivity index (χ3v) is 5.30. The Morgan fingerprint density at radius 3 is 2.70 bits per heavy atom. The Morgan fingerprint density at radius 1 is 1.22 bits per heavy atom. The lowest BCUT2D eigenvalue weighted by molar-refractivity contribution is -0.121. The summed E-state index contributed by atoms with van der Waals surface area (Å²) in [5.41, 5.74) is 4.40. The molecule has 0 saturated carbocycles. The molecule has 1 aliphatic heterocycles. The third kappa shape index (κ3) is 3.27. The molecule has 4 rings (SSSR count). The third-order valence-electron chi connectivity index (χ3n) is 5.30. The van der Waals surface area contributed by atoms with Gasteiger partial charge in [-0.3, -0.25) is 14.2 Å². The van der Waals surface area contributed by atoms with E-state index in [2.05, 4.69) is 29.4 Å². The van der Waals surface area contributed by atoms with E-state index in [-0.39, 0.29) is 18.0 Å². The van der Waals surface area contributed by atoms with E-state index in [4.69, 9.17) is 0 Å². The zero-order chi connectivity index (χ0) is 19.0. The fourth-order valence-electron chi connectivity index (χ4n) is 3.73. The highest BCUT2D eigenvalue weighted by molar-refractivity contribution is 5.81. The van der Waals surface area contributed by atoms with Crippen molar-refractivity contribution in [3.05, 3.63) is 63.3 Å². The van der Waals surface area contributed by atoms with Crippen LogP contribution in [0.25, 0.3) is 11.0 Å². The second-order valence-corrected chi connectivity index (χ2v) is 7.14. The molecular formula is C21H24N4O2. The number of nitrogens with one attached hydrogen (secondary N) is 1. The van der Waals surface area contributed by atoms with E-state index in [0.29, 0.717) is 24.1 Å². The van der Waals surface area contributed by atoms with E-state index >= 15 is 0 Å². The fourth-order valence-corrected chi connectivity index (χ4v) is 3.73. The van der Waals surface area contributed by atoms with Crippen LogP contribution in [0.15, 0.2) is 35.1 Å². The van der Waals surface area contributed by atoms with Gasteiger partial charge in [0, 0.05) is 25.2 Å². The first-order valence-electron chi connectivity index (χ1n) is 9.51. The Hall–Kier alpha value is -2.89. The summed E-state index contributed by atoms with van der Waals surface area (Å²) in [6.07, 6.45) is 2.79. The number of carbonyl (C=O) groups is 1. The number of aromatic nitrogens is 3. The summed E-state index contributed by atoms with van der Waals surface area (Å²) in [4.78, 5) is 30.0. The van der Waals surface area contributed by atoms with Gasteiger partial charge in [-0.25, -0.2) is 4.98 Å². The van der Waals surface area contributed by atoms with Crippen molar-refractivity contribution in [3.8, 4) is 0 Å². The summed E-state index contributed by atoms with van der Waals surface area (Å²) >= 11 is 0. The van der Waals surface area contributed by atoms with Gasteiger partial charge in [-0.05, 0) is 37.0 Å². The number of hydrogen-bond acceptors (Lipinski definition) is 3. The molecule has 0 radical (unpaired) electrons. The van der Waals surface area contributed by atoms with Crippen molar-refractivity contribution in [1.29, 1.82) is 0 Å². The molecule has 0 saturated heterocycles. The first-order chi connectivity index (χ1) is 13.1. The fraction of sp³-hybridized carbons (Fsp3) is 0.381. The number of benzene rings is 1. The highest BCUT2D eigenvalue weighted by atomic mass is 16.2. The highest BCUT2D eigenvalue weighted by Crippen LogP contribution is 2.18. The van der Waals surface area contributed by atoms with E-state index in [0.717, 1.165) is 36.3 Å². The number of rotatable bonds is 5. The van der Waals surface area contributed by atoms with E-state index in [9.17, 15) is 9.59 Å². The lowest BCUT2D eigenvalue weighted by atomic mass is 10.1. The van der Waals surface area contributed by atoms with Crippen LogP contribution >= 0.6 is 0 Å². The molecule has 1 aromatic carbocycles. The van der Waals surface area contributed by atoms with Gasteiger partial charge in [0.2, 0.25) is 5.91 Å². The zero-order valence-corrected chi connectivity index (χ0v) is 15.8. The summed E-state index contributed by atoms with van der Waals surface area (Å²) in [5, 5.41) is 2.95. The quantitative estimate of drug-likeness (QED) is 0.755. The maximum atomic E-state index is 12.8. The Morgan fingerprint density at radius 2 is 1.96 bits per heavy atom. The Bertz CT molecular complexity index is 1060. The van der Waals surface area contributed by atoms with Crippen molar-refractivity contribution < 1.29 is 4.79 Å². The summed E-state index contributed by atoms with van der Waals surface area (Å²) in [7, 11) is 0. The maximum absolute atomic E-state index is 12.8. The predicted octanol–water partition coefficient (Wildman–Crippen LogP) is 2.33. The molecule has 0 aliphatic carbocycles. The van der Waals surface area contributed by atoms with Gasteiger partial charge in [0.1, 0.15) is 17.9 Å². The number of fused-ring (bicyclic) bond motifs is 2. The van der Waals surface area contributed by atoms with Crippen LogP contribution in [0.2, 0.25) is 0 Å². The minimum atomic E-state index is -0.111. The van der Waals surface area contributed by atoms with Crippen molar-refractivity contribution >= 4 is 16.9 Å². The summed E-state index contributed by atoms with van der Waals surface area (Å²) in [5.74, 6) is 0.740. The largest absolute Gasteiger partial charge is 0.350 e. The minimum absolute atomic E-state index is 0.0384. The normalized spacial score (nSPS) is 13.1. The standard InChI is InChI=1S/C21H24N4O2/c1-3-15-6-8-16(9-7-15)12-22-19(26)13-25-14(2)11-17-20(25)21(27)24-10-4-5-18(24)23-17/h6-9,11H,3-5,10,12-13H2,1-2H3,(H,22,26). The van der Waals surface area contributed by atoms with Gasteiger partial charge in [-0.2, -0.15) is 0 Å². The van der Waals surface area contributed by atoms with Crippen LogP contribution in [0, 0.1) is 6.92 Å². The maximum Gasteiger partial charge on any atom is 0.278 e. The van der Waals surface area contributed by atoms with Crippen LogP contribution < -0.4 is 10.9 Å². The molecule has 0 unspecified atom stereocenters. The predicted molar refractivity (Wildman–Crippen MR) is 105 cm³/mol. The Kier molecular flexibility index (Phi) is 4.56. The first-order valence-corrected chi connectivity index (χ1v) is 9.51. The van der Waals surface area contributed by atoms with Crippen LogP contribution in [0.5, 0.6) is 0 Å². The van der Waals surface area contributed by atoms with Gasteiger partial charge in [0.05, 0.1) is 5.52 Å². The molecule has 3 aromatic rings. The van der Waals surface area contributed by atoms with Crippen molar-refractivity contribution in [1.82, 2.24) is 19.4 Å². The lowest BCUT2D eigenvalue weighted by Crippen LogP contribution is -2.29. The molecule has 1 aliphatic rings. The monoisotopic (exact) mass is 364 g/mol. The molecule has 0 atom stereocenters. The number of nitrogens with zero attached hydrogens (tertiary/aromatic N) is 3. The number of hydrogen-bond donors (Lipinski definition) is 1. The van der Waals surface area contributed by atoms with Crippen LogP contribution in [0.3, 0.4) is 0 Å². The van der Waals surface area contributed by atoms with Gasteiger partial charge >= 0.3 is 0 Å². The van der Waals surface area contributed by atoms with Crippen LogP contribution in [0.4, 0.5) is 0 Å². The van der Waals surface area contributed by atoms with Gasteiger partial charge in [-0.1, -0.05) is 31.2 Å². The summed E-state index contributed by atoms with van der Waals surface area (Å²) in [6, 6.07) is 10.1. The number of aryl methyl sites for hydroxylation is 3. The number of carbonyl (C=O) groups excluding carboxylic acids is 1. The average Bonchev–Trinajstić information content (AvgIpc) is 3.26. The van der Waals surface area contributed by atoms with Crippen LogP contribution in [-0.2, 0) is 37.3 Å². The molecule has 0 bridgehead atoms. The first kappa shape index (κ1) is 17.5. The van der Waals surface area contributed by atoms with Gasteiger partial charge in [-0.15, -0.1) is 0 Å². The average molecular weight is 364 g/mol. The summed E-state index contributed by atoms with van der Waals surface area (Å²) < 4.78 is 3.53. The molecule has 1 N–H and O–H groups in total. The van der Waals surface area contributed by atoms with Crippen molar-refractivity contribution in [2.75, 3.05) is 0 Å². The highest BCUT2D eigenvalue weighted by Gasteiger charge is 2.20. The van der Waals surface area contributed by atoms with Gasteiger partial charge in [0.15, 0.2) is 0 Å². The lowest BCUT2D eigenvalue weighted by Gasteiger charge is -2.10. The summed E-state index contributed by atoms with van der Waals surface area (Å²) in [6.45, 7) is 5.34. The second-order valence-electron chi connectivity index (χ2n) is 7.14. The van der Waals surface area contributed by atoms with Gasteiger partial charge in [0.25, 0.3) is 5.56 Å². The molecule has 0 fully saturated rings. The molecule has 27 heavy (non-hydrogen) atoms. The Labute approximate surface area is 157 Å². The second kappa shape index (κ2) is 7.02. The van der Waals surface area contributed by atoms with Crippen molar-refractivity contribution in [2.45, 2.75) is 52.7 Å². The van der Waals surface area contributed by atoms with Crippen LogP contribution in [0.1, 0.15) is 36.0 Å². The van der Waals surface area contributed by atoms with Crippen molar-refractivity contribution in [2.24, 2.45) is 0 Å². The smallest absolute Gasteiger partial charge is 0.278 e.